The Balaban J connectivity index is 1.96. The van der Waals surface area contributed by atoms with Crippen molar-refractivity contribution in [3.63, 3.8) is 0 Å². The van der Waals surface area contributed by atoms with Crippen molar-refractivity contribution in [1.29, 1.82) is 0 Å². The molecular formula is C10H15BrN4S. The number of hydrogen-bond donors (Lipinski definition) is 2. The van der Waals surface area contributed by atoms with E-state index in [-0.39, 0.29) is 0 Å². The first-order chi connectivity index (χ1) is 7.79. The molecule has 0 aromatic carbocycles. The van der Waals surface area contributed by atoms with Crippen LogP contribution < -0.4 is 10.6 Å². The second-order valence-electron chi connectivity index (χ2n) is 3.66. The van der Waals surface area contributed by atoms with Crippen LogP contribution in [0.1, 0.15) is 12.8 Å². The highest BCUT2D eigenvalue weighted by atomic mass is 79.9. The van der Waals surface area contributed by atoms with Crippen LogP contribution in [0.15, 0.2) is 10.7 Å². The van der Waals surface area contributed by atoms with E-state index in [1.54, 1.807) is 6.20 Å². The van der Waals surface area contributed by atoms with Gasteiger partial charge in [-0.25, -0.2) is 4.98 Å². The van der Waals surface area contributed by atoms with Crippen molar-refractivity contribution in [2.45, 2.75) is 18.1 Å². The Morgan fingerprint density at radius 3 is 3.19 bits per heavy atom. The maximum atomic E-state index is 4.36. The van der Waals surface area contributed by atoms with Gasteiger partial charge >= 0.3 is 0 Å². The van der Waals surface area contributed by atoms with Gasteiger partial charge in [-0.2, -0.15) is 16.7 Å². The van der Waals surface area contributed by atoms with Crippen molar-refractivity contribution >= 4 is 39.5 Å². The van der Waals surface area contributed by atoms with E-state index in [9.17, 15) is 0 Å². The van der Waals surface area contributed by atoms with E-state index in [1.807, 2.05) is 18.8 Å². The third-order valence-electron chi connectivity index (χ3n) is 2.49. The fourth-order valence-electron chi connectivity index (χ4n) is 1.63. The Bertz CT molecular complexity index is 355. The molecule has 0 aliphatic carbocycles. The molecule has 16 heavy (non-hydrogen) atoms. The van der Waals surface area contributed by atoms with Crippen molar-refractivity contribution in [1.82, 2.24) is 9.97 Å². The first kappa shape index (κ1) is 12.0. The number of aromatic nitrogens is 2. The van der Waals surface area contributed by atoms with Crippen LogP contribution in [0, 0.1) is 0 Å². The molecule has 1 fully saturated rings. The zero-order chi connectivity index (χ0) is 11.4. The van der Waals surface area contributed by atoms with Crippen LogP contribution >= 0.6 is 27.7 Å². The van der Waals surface area contributed by atoms with Crippen molar-refractivity contribution in [2.75, 3.05) is 30.0 Å². The SMILES string of the molecule is CNc1ncc(Br)c(NCC2CCCS2)n1. The molecule has 2 rings (SSSR count). The van der Waals surface area contributed by atoms with E-state index in [4.69, 9.17) is 0 Å². The van der Waals surface area contributed by atoms with Crippen LogP contribution in [0.3, 0.4) is 0 Å². The first-order valence-corrected chi connectivity index (χ1v) is 7.19. The highest BCUT2D eigenvalue weighted by Crippen LogP contribution is 2.27. The van der Waals surface area contributed by atoms with Gasteiger partial charge in [0.15, 0.2) is 0 Å². The van der Waals surface area contributed by atoms with Crippen molar-refractivity contribution < 1.29 is 0 Å². The molecule has 1 aromatic heterocycles. The third kappa shape index (κ3) is 3.01. The summed E-state index contributed by atoms with van der Waals surface area (Å²) in [6, 6.07) is 0. The molecule has 2 heterocycles. The number of hydrogen-bond acceptors (Lipinski definition) is 5. The number of rotatable bonds is 4. The standard InChI is InChI=1S/C10H15BrN4S/c1-12-10-14-6-8(11)9(15-10)13-5-7-3-2-4-16-7/h6-7H,2-5H2,1H3,(H2,12,13,14,15). The molecule has 1 saturated heterocycles. The summed E-state index contributed by atoms with van der Waals surface area (Å²) in [5.41, 5.74) is 0. The molecule has 1 aliphatic heterocycles. The summed E-state index contributed by atoms with van der Waals surface area (Å²) in [5, 5.41) is 7.03. The van der Waals surface area contributed by atoms with Crippen LogP contribution in [0.25, 0.3) is 0 Å². The molecule has 88 valence electrons. The first-order valence-electron chi connectivity index (χ1n) is 5.35. The van der Waals surface area contributed by atoms with Gasteiger partial charge in [0.05, 0.1) is 4.47 Å². The third-order valence-corrected chi connectivity index (χ3v) is 4.47. The average molecular weight is 303 g/mol. The van der Waals surface area contributed by atoms with Crippen LogP contribution in [-0.2, 0) is 0 Å². The van der Waals surface area contributed by atoms with Gasteiger partial charge in [-0.15, -0.1) is 0 Å². The molecule has 4 nitrogen and oxygen atoms in total. The molecular weight excluding hydrogens is 288 g/mol. The summed E-state index contributed by atoms with van der Waals surface area (Å²) in [5.74, 6) is 2.80. The van der Waals surface area contributed by atoms with Crippen molar-refractivity contribution in [2.24, 2.45) is 0 Å². The smallest absolute Gasteiger partial charge is 0.224 e. The lowest BCUT2D eigenvalue weighted by molar-refractivity contribution is 0.803. The molecule has 0 saturated carbocycles. The summed E-state index contributed by atoms with van der Waals surface area (Å²) >= 11 is 5.49. The number of nitrogens with one attached hydrogen (secondary N) is 2. The van der Waals surface area contributed by atoms with Gasteiger partial charge in [0, 0.05) is 25.0 Å². The van der Waals surface area contributed by atoms with E-state index < -0.39 is 0 Å². The number of thioether (sulfide) groups is 1. The van der Waals surface area contributed by atoms with Gasteiger partial charge in [0.2, 0.25) is 5.95 Å². The zero-order valence-corrected chi connectivity index (χ0v) is 11.6. The normalized spacial score (nSPS) is 19.8. The zero-order valence-electron chi connectivity index (χ0n) is 9.16. The molecule has 1 atom stereocenters. The predicted molar refractivity (Wildman–Crippen MR) is 73.2 cm³/mol. The van der Waals surface area contributed by atoms with Crippen LogP contribution in [0.4, 0.5) is 11.8 Å². The Kier molecular flexibility index (Phi) is 4.29. The monoisotopic (exact) mass is 302 g/mol. The minimum absolute atomic E-state index is 0.643. The lowest BCUT2D eigenvalue weighted by Crippen LogP contribution is -2.15. The van der Waals surface area contributed by atoms with E-state index in [0.717, 1.165) is 22.1 Å². The van der Waals surface area contributed by atoms with Gasteiger partial charge in [-0.1, -0.05) is 0 Å². The van der Waals surface area contributed by atoms with E-state index >= 15 is 0 Å². The molecule has 1 aromatic rings. The quantitative estimate of drug-likeness (QED) is 0.895. The Hall–Kier alpha value is -0.490. The molecule has 0 radical (unpaired) electrons. The van der Waals surface area contributed by atoms with Crippen LogP contribution in [0.5, 0.6) is 0 Å². The van der Waals surface area contributed by atoms with E-state index in [0.29, 0.717) is 5.95 Å². The molecule has 1 aliphatic rings. The van der Waals surface area contributed by atoms with Crippen molar-refractivity contribution in [3.05, 3.63) is 10.7 Å². The Morgan fingerprint density at radius 2 is 2.50 bits per heavy atom. The number of anilines is 2. The second kappa shape index (κ2) is 5.72. The topological polar surface area (TPSA) is 49.8 Å². The number of nitrogens with zero attached hydrogens (tertiary/aromatic N) is 2. The van der Waals surface area contributed by atoms with Gasteiger partial charge in [-0.05, 0) is 34.5 Å². The minimum Gasteiger partial charge on any atom is -0.368 e. The van der Waals surface area contributed by atoms with E-state index in [1.165, 1.54) is 18.6 Å². The molecule has 0 spiro atoms. The lowest BCUT2D eigenvalue weighted by Gasteiger charge is -2.12. The van der Waals surface area contributed by atoms with E-state index in [2.05, 4.69) is 36.5 Å². The van der Waals surface area contributed by atoms with Gasteiger partial charge < -0.3 is 10.6 Å². The highest BCUT2D eigenvalue weighted by Gasteiger charge is 2.15. The predicted octanol–water partition coefficient (Wildman–Crippen LogP) is 2.59. The summed E-state index contributed by atoms with van der Waals surface area (Å²) in [7, 11) is 1.82. The summed E-state index contributed by atoms with van der Waals surface area (Å²) in [4.78, 5) is 8.49. The summed E-state index contributed by atoms with van der Waals surface area (Å²) in [6.45, 7) is 0.976. The summed E-state index contributed by atoms with van der Waals surface area (Å²) in [6.07, 6.45) is 4.41. The Labute approximate surface area is 108 Å². The largest absolute Gasteiger partial charge is 0.368 e. The van der Waals surface area contributed by atoms with Gasteiger partial charge in [0.25, 0.3) is 0 Å². The highest BCUT2D eigenvalue weighted by molar-refractivity contribution is 9.10. The molecule has 2 N–H and O–H groups in total. The number of halogens is 1. The van der Waals surface area contributed by atoms with Gasteiger partial charge in [0.1, 0.15) is 5.82 Å². The van der Waals surface area contributed by atoms with Crippen molar-refractivity contribution in [3.8, 4) is 0 Å². The molecule has 6 heteroatoms. The fraction of sp³-hybridized carbons (Fsp3) is 0.600. The second-order valence-corrected chi connectivity index (χ2v) is 5.92. The molecule has 0 amide bonds. The molecule has 0 bridgehead atoms. The average Bonchev–Trinajstić information content (AvgIpc) is 2.81. The van der Waals surface area contributed by atoms with Gasteiger partial charge in [-0.3, -0.25) is 0 Å². The lowest BCUT2D eigenvalue weighted by atomic mass is 10.2. The summed E-state index contributed by atoms with van der Waals surface area (Å²) < 4.78 is 0.912. The van der Waals surface area contributed by atoms with Crippen LogP contribution in [0.2, 0.25) is 0 Å². The fourth-order valence-corrected chi connectivity index (χ4v) is 3.16. The van der Waals surface area contributed by atoms with Crippen LogP contribution in [-0.4, -0.2) is 34.6 Å². The maximum absolute atomic E-state index is 4.36. The Morgan fingerprint density at radius 1 is 1.62 bits per heavy atom. The minimum atomic E-state index is 0.643. The molecule has 1 unspecified atom stereocenters. The maximum Gasteiger partial charge on any atom is 0.224 e.